The van der Waals surface area contributed by atoms with Gasteiger partial charge in [-0.25, -0.2) is 9.37 Å². The number of hydrogen-bond acceptors (Lipinski definition) is 2. The topological polar surface area (TPSA) is 29.9 Å². The molecule has 0 radical (unpaired) electrons. The van der Waals surface area contributed by atoms with Crippen LogP contribution in [-0.4, -0.2) is 9.55 Å². The van der Waals surface area contributed by atoms with Crippen molar-refractivity contribution in [2.75, 3.05) is 0 Å². The van der Waals surface area contributed by atoms with Gasteiger partial charge in [0.2, 0.25) is 0 Å². The van der Waals surface area contributed by atoms with Crippen LogP contribution >= 0.6 is 0 Å². The normalized spacial score (nSPS) is 14.9. The molecule has 5 rings (SSSR count). The van der Waals surface area contributed by atoms with Crippen LogP contribution in [0.5, 0.6) is 0 Å². The molecule has 1 aliphatic heterocycles. The van der Waals surface area contributed by atoms with E-state index in [0.29, 0.717) is 17.7 Å². The van der Waals surface area contributed by atoms with E-state index < -0.39 is 0 Å². The monoisotopic (exact) mass is 395 g/mol. The van der Waals surface area contributed by atoms with Crippen LogP contribution in [-0.2, 0) is 12.8 Å². The summed E-state index contributed by atoms with van der Waals surface area (Å²) in [6.45, 7) is 4.30. The van der Waals surface area contributed by atoms with Crippen LogP contribution in [0, 0.1) is 5.82 Å². The number of nitrogens with one attached hydrogen (secondary N) is 1. The smallest absolute Gasteiger partial charge is 0.157 e. The average molecular weight is 395 g/mol. The third kappa shape index (κ3) is 3.41. The molecule has 0 fully saturated rings. The van der Waals surface area contributed by atoms with E-state index in [2.05, 4.69) is 42.3 Å². The van der Waals surface area contributed by atoms with E-state index >= 15 is 0 Å². The molecule has 0 saturated carbocycles. The van der Waals surface area contributed by atoms with Gasteiger partial charge in [0.15, 0.2) is 5.48 Å². The minimum atomic E-state index is -0.258. The first kappa shape index (κ1) is 18.4. The van der Waals surface area contributed by atoms with Crippen LogP contribution in [0.2, 0.25) is 0 Å². The lowest BCUT2D eigenvalue weighted by Crippen LogP contribution is -2.35. The number of hydrogen-bond donors (Lipinski definition) is 1. The molecule has 1 N–H and O–H groups in total. The molecule has 2 aromatic carbocycles. The Kier molecular flexibility index (Phi) is 4.68. The van der Waals surface area contributed by atoms with Gasteiger partial charge in [-0.15, -0.1) is 0 Å². The lowest BCUT2D eigenvalue weighted by atomic mass is 10.1. The van der Waals surface area contributed by atoms with E-state index in [4.69, 9.17) is 4.98 Å². The van der Waals surface area contributed by atoms with E-state index in [9.17, 15) is 4.39 Å². The summed E-state index contributed by atoms with van der Waals surface area (Å²) in [4.78, 5) is 4.94. The summed E-state index contributed by atoms with van der Waals surface area (Å²) in [7, 11) is 0. The number of halogens is 1. The number of aromatic nitrogens is 2. The molecule has 3 nitrogen and oxygen atoms in total. The Morgan fingerprint density at radius 2 is 1.83 bits per heavy atom. The molecule has 2 heterocycles. The van der Waals surface area contributed by atoms with Gasteiger partial charge in [0.25, 0.3) is 0 Å². The van der Waals surface area contributed by atoms with Crippen molar-refractivity contribution in [1.29, 1.82) is 0 Å². The maximum Gasteiger partial charge on any atom is 0.157 e. The second-order valence-electron chi connectivity index (χ2n) is 7.62. The van der Waals surface area contributed by atoms with Crippen LogP contribution in [0.4, 0.5) is 4.39 Å². The third-order valence-electron chi connectivity index (χ3n) is 5.54. The van der Waals surface area contributed by atoms with Crippen molar-refractivity contribution in [1.82, 2.24) is 14.9 Å². The van der Waals surface area contributed by atoms with Crippen molar-refractivity contribution in [2.24, 2.45) is 0 Å². The Labute approximate surface area is 174 Å². The van der Waals surface area contributed by atoms with Crippen LogP contribution in [0.15, 0.2) is 78.4 Å². The van der Waals surface area contributed by atoms with E-state index in [0.717, 1.165) is 35.1 Å². The van der Waals surface area contributed by atoms with Gasteiger partial charge in [0.05, 0.1) is 22.4 Å². The van der Waals surface area contributed by atoms with Crippen molar-refractivity contribution in [3.8, 4) is 0 Å². The summed E-state index contributed by atoms with van der Waals surface area (Å²) >= 11 is 0. The lowest BCUT2D eigenvalue weighted by Gasteiger charge is -2.19. The van der Waals surface area contributed by atoms with Crippen molar-refractivity contribution >= 4 is 24.2 Å². The number of imidazole rings is 1. The molecule has 0 bridgehead atoms. The van der Waals surface area contributed by atoms with Crippen LogP contribution < -0.4 is 16.1 Å². The molecule has 148 valence electrons. The zero-order chi connectivity index (χ0) is 20.5. The number of fused-ring (bicyclic) bond motifs is 1. The maximum absolute atomic E-state index is 14.5. The summed E-state index contributed by atoms with van der Waals surface area (Å²) in [5, 5.41) is 4.30. The molecule has 1 aromatic heterocycles. The zero-order valence-corrected chi connectivity index (χ0v) is 16.6. The molecule has 2 aliphatic rings. The molecule has 30 heavy (non-hydrogen) atoms. The Morgan fingerprint density at radius 1 is 1.03 bits per heavy atom. The number of benzene rings is 2. The largest absolute Gasteiger partial charge is 0.354 e. The second-order valence-corrected chi connectivity index (χ2v) is 7.62. The van der Waals surface area contributed by atoms with Crippen LogP contribution in [0.25, 0.3) is 24.2 Å². The van der Waals surface area contributed by atoms with Crippen LogP contribution in [0.3, 0.4) is 0 Å². The molecule has 0 amide bonds. The van der Waals surface area contributed by atoms with Crippen molar-refractivity contribution in [2.45, 2.75) is 19.3 Å². The average Bonchev–Trinajstić information content (AvgIpc) is 3.38. The van der Waals surface area contributed by atoms with Gasteiger partial charge in [-0.1, -0.05) is 72.8 Å². The highest BCUT2D eigenvalue weighted by Gasteiger charge is 2.19. The zero-order valence-electron chi connectivity index (χ0n) is 16.6. The number of rotatable bonds is 5. The molecule has 0 spiro atoms. The predicted molar refractivity (Wildman–Crippen MR) is 120 cm³/mol. The van der Waals surface area contributed by atoms with E-state index in [1.54, 1.807) is 12.1 Å². The highest BCUT2D eigenvalue weighted by molar-refractivity contribution is 5.81. The van der Waals surface area contributed by atoms with Gasteiger partial charge in [-0.2, -0.15) is 0 Å². The summed E-state index contributed by atoms with van der Waals surface area (Å²) in [6.07, 6.45) is 10.7. The lowest BCUT2D eigenvalue weighted by molar-refractivity contribution is 0.623. The minimum Gasteiger partial charge on any atom is -0.354 e. The van der Waals surface area contributed by atoms with Gasteiger partial charge in [0.1, 0.15) is 5.82 Å². The molecular weight excluding hydrogens is 373 g/mol. The first-order valence-corrected chi connectivity index (χ1v) is 10.1. The summed E-state index contributed by atoms with van der Waals surface area (Å²) < 4.78 is 16.5. The van der Waals surface area contributed by atoms with Gasteiger partial charge >= 0.3 is 0 Å². The van der Waals surface area contributed by atoms with Crippen molar-refractivity contribution < 1.29 is 4.39 Å². The minimum absolute atomic E-state index is 0.258. The number of nitrogens with zero attached hydrogens (tertiary/aromatic N) is 2. The fourth-order valence-corrected chi connectivity index (χ4v) is 3.96. The summed E-state index contributed by atoms with van der Waals surface area (Å²) in [5.41, 5.74) is 6.47. The molecule has 0 unspecified atom stereocenters. The van der Waals surface area contributed by atoms with Crippen LogP contribution in [0.1, 0.15) is 23.2 Å². The predicted octanol–water partition coefficient (Wildman–Crippen LogP) is 3.77. The van der Waals surface area contributed by atoms with E-state index in [1.807, 2.05) is 35.0 Å². The van der Waals surface area contributed by atoms with Crippen molar-refractivity contribution in [3.63, 3.8) is 0 Å². The molecule has 3 aromatic rings. The highest BCUT2D eigenvalue weighted by atomic mass is 19.1. The molecule has 0 saturated heterocycles. The Hall–Kier alpha value is -3.66. The Balaban J connectivity index is 1.63. The molecular formula is C26H22FN3. The first-order chi connectivity index (χ1) is 14.7. The number of allylic oxidation sites excluding steroid dienone is 4. The summed E-state index contributed by atoms with van der Waals surface area (Å²) in [6, 6.07) is 17.0. The third-order valence-corrected chi connectivity index (χ3v) is 5.54. The first-order valence-electron chi connectivity index (χ1n) is 10.1. The maximum atomic E-state index is 14.5. The van der Waals surface area contributed by atoms with E-state index in [-0.39, 0.29) is 5.82 Å². The molecule has 1 aliphatic carbocycles. The SMILES string of the molecule is C=c1c(CC2=CC=CC2)nc2n1C=C(c1ccccc1F)NC=2Cc1ccccc1. The standard InChI is InChI=1S/C26H22FN3/c1-18-23(15-19-11-5-6-12-19)29-26-24(16-20-9-3-2-4-10-20)28-25(17-30(18)26)21-13-7-8-14-22(21)27/h2-11,13-14,17,28H,1,12,15-16H2. The summed E-state index contributed by atoms with van der Waals surface area (Å²) in [5.74, 6) is -0.258. The fourth-order valence-electron chi connectivity index (χ4n) is 3.96. The molecule has 4 heteroatoms. The Bertz CT molecular complexity index is 1310. The van der Waals surface area contributed by atoms with Gasteiger partial charge in [-0.3, -0.25) is 4.57 Å². The molecule has 0 atom stereocenters. The quantitative estimate of drug-likeness (QED) is 0.713. The van der Waals surface area contributed by atoms with E-state index in [1.165, 1.54) is 17.2 Å². The van der Waals surface area contributed by atoms with Gasteiger partial charge < -0.3 is 5.32 Å². The Morgan fingerprint density at radius 3 is 2.60 bits per heavy atom. The van der Waals surface area contributed by atoms with Crippen molar-refractivity contribution in [3.05, 3.63) is 112 Å². The fraction of sp³-hybridized carbons (Fsp3) is 0.115. The second kappa shape index (κ2) is 7.64. The highest BCUT2D eigenvalue weighted by Crippen LogP contribution is 2.21. The van der Waals surface area contributed by atoms with Gasteiger partial charge in [-0.05, 0) is 24.1 Å². The van der Waals surface area contributed by atoms with Gasteiger partial charge in [0, 0.05) is 24.6 Å².